The predicted molar refractivity (Wildman–Crippen MR) is 105 cm³/mol. The average molecular weight is 380 g/mol. The summed E-state index contributed by atoms with van der Waals surface area (Å²) < 4.78 is 6.12. The number of hydrogen-bond donors (Lipinski definition) is 3. The third-order valence-corrected chi connectivity index (χ3v) is 5.09. The van der Waals surface area contributed by atoms with E-state index in [1.54, 1.807) is 32.2 Å². The van der Waals surface area contributed by atoms with Crippen molar-refractivity contribution in [3.63, 3.8) is 0 Å². The fourth-order valence-corrected chi connectivity index (χ4v) is 3.58. The van der Waals surface area contributed by atoms with Crippen LogP contribution in [0.5, 0.6) is 11.5 Å². The zero-order valence-electron chi connectivity index (χ0n) is 14.6. The molecular formula is C19H16N4O3S. The number of nitrogens with one attached hydrogen (secondary N) is 2. The highest BCUT2D eigenvalue weighted by Crippen LogP contribution is 2.31. The molecule has 0 atom stereocenters. The van der Waals surface area contributed by atoms with Gasteiger partial charge in [-0.05, 0) is 42.8 Å². The van der Waals surface area contributed by atoms with Gasteiger partial charge in [0.05, 0.1) is 23.0 Å². The average Bonchev–Trinajstić information content (AvgIpc) is 3.29. The Morgan fingerprint density at radius 3 is 2.93 bits per heavy atom. The number of carbonyl (C=O) groups is 1. The molecule has 2 aromatic carbocycles. The van der Waals surface area contributed by atoms with Crippen molar-refractivity contribution in [3.05, 3.63) is 53.7 Å². The van der Waals surface area contributed by atoms with Crippen LogP contribution >= 0.6 is 11.3 Å². The van der Waals surface area contributed by atoms with E-state index in [2.05, 4.69) is 20.5 Å². The Balaban J connectivity index is 1.57. The van der Waals surface area contributed by atoms with Crippen molar-refractivity contribution in [2.75, 3.05) is 12.4 Å². The predicted octanol–water partition coefficient (Wildman–Crippen LogP) is 3.96. The number of aromatic nitrogens is 3. The molecule has 2 aromatic heterocycles. The Bertz CT molecular complexity index is 1150. The highest BCUT2D eigenvalue weighted by Gasteiger charge is 2.16. The molecule has 0 aliphatic carbocycles. The minimum atomic E-state index is -0.355. The third kappa shape index (κ3) is 3.22. The van der Waals surface area contributed by atoms with E-state index >= 15 is 0 Å². The number of para-hydroxylation sites is 1. The molecule has 0 aliphatic rings. The summed E-state index contributed by atoms with van der Waals surface area (Å²) in [4.78, 5) is 16.9. The number of phenols is 1. The topological polar surface area (TPSA) is 100 Å². The number of aromatic amines is 1. The number of methoxy groups -OCH3 is 1. The fourth-order valence-electron chi connectivity index (χ4n) is 2.69. The minimum Gasteiger partial charge on any atom is -0.507 e. The molecule has 1 amide bonds. The van der Waals surface area contributed by atoms with Crippen LogP contribution in [0.15, 0.2) is 42.5 Å². The van der Waals surface area contributed by atoms with E-state index < -0.39 is 0 Å². The van der Waals surface area contributed by atoms with Crippen LogP contribution in [-0.4, -0.2) is 33.3 Å². The van der Waals surface area contributed by atoms with Crippen LogP contribution in [-0.2, 0) is 0 Å². The lowest BCUT2D eigenvalue weighted by Crippen LogP contribution is -2.11. The molecule has 0 bridgehead atoms. The van der Waals surface area contributed by atoms with E-state index in [9.17, 15) is 9.90 Å². The van der Waals surface area contributed by atoms with E-state index in [-0.39, 0.29) is 17.4 Å². The standard InChI is InChI=1S/C19H16N4O3S/c1-10-4-3-5-12(17(10)24)14-9-15(23-22-14)18(25)21-19-20-13-7-6-11(26-2)8-16(13)27-19/h3-9,24H,1-2H3,(H,22,23)(H,20,21,25). The zero-order valence-corrected chi connectivity index (χ0v) is 15.4. The molecule has 4 rings (SSSR count). The van der Waals surface area contributed by atoms with Gasteiger partial charge in [-0.1, -0.05) is 23.5 Å². The summed E-state index contributed by atoms with van der Waals surface area (Å²) in [5.74, 6) is 0.531. The van der Waals surface area contributed by atoms with Crippen LogP contribution in [0.3, 0.4) is 0 Å². The molecule has 3 N–H and O–H groups in total. The van der Waals surface area contributed by atoms with Crippen LogP contribution in [0.1, 0.15) is 16.1 Å². The molecule has 136 valence electrons. The van der Waals surface area contributed by atoms with Gasteiger partial charge in [0.1, 0.15) is 17.2 Å². The summed E-state index contributed by atoms with van der Waals surface area (Å²) in [6, 6.07) is 12.5. The van der Waals surface area contributed by atoms with Crippen LogP contribution in [0.25, 0.3) is 21.5 Å². The number of nitrogens with zero attached hydrogens (tertiary/aromatic N) is 2. The summed E-state index contributed by atoms with van der Waals surface area (Å²) in [7, 11) is 1.60. The summed E-state index contributed by atoms with van der Waals surface area (Å²) >= 11 is 1.36. The van der Waals surface area contributed by atoms with Gasteiger partial charge in [0.15, 0.2) is 5.13 Å². The number of anilines is 1. The molecule has 0 radical (unpaired) electrons. The Labute approximate surface area is 158 Å². The summed E-state index contributed by atoms with van der Waals surface area (Å²) in [5, 5.41) is 20.3. The molecule has 8 heteroatoms. The number of ether oxygens (including phenoxy) is 1. The lowest BCUT2D eigenvalue weighted by atomic mass is 10.1. The molecule has 0 unspecified atom stereocenters. The van der Waals surface area contributed by atoms with Gasteiger partial charge in [-0.3, -0.25) is 15.2 Å². The number of carbonyl (C=O) groups excluding carboxylic acids is 1. The van der Waals surface area contributed by atoms with Gasteiger partial charge in [-0.2, -0.15) is 5.10 Å². The summed E-state index contributed by atoms with van der Waals surface area (Å²) in [5.41, 5.74) is 2.87. The van der Waals surface area contributed by atoms with Crippen molar-refractivity contribution < 1.29 is 14.6 Å². The van der Waals surface area contributed by atoms with Gasteiger partial charge >= 0.3 is 0 Å². The highest BCUT2D eigenvalue weighted by molar-refractivity contribution is 7.22. The minimum absolute atomic E-state index is 0.149. The van der Waals surface area contributed by atoms with Gasteiger partial charge in [0.25, 0.3) is 5.91 Å². The van der Waals surface area contributed by atoms with Gasteiger partial charge in [-0.25, -0.2) is 4.98 Å². The molecule has 0 saturated heterocycles. The van der Waals surface area contributed by atoms with Gasteiger partial charge < -0.3 is 9.84 Å². The second-order valence-corrected chi connectivity index (χ2v) is 6.98. The number of H-pyrrole nitrogens is 1. The Hall–Kier alpha value is -3.39. The largest absolute Gasteiger partial charge is 0.507 e. The second-order valence-electron chi connectivity index (χ2n) is 5.94. The van der Waals surface area contributed by atoms with E-state index in [1.807, 2.05) is 24.3 Å². The quantitative estimate of drug-likeness (QED) is 0.498. The van der Waals surface area contributed by atoms with Crippen molar-refractivity contribution in [1.29, 1.82) is 0 Å². The van der Waals surface area contributed by atoms with Crippen LogP contribution in [0.4, 0.5) is 5.13 Å². The second kappa shape index (κ2) is 6.73. The van der Waals surface area contributed by atoms with E-state index in [0.29, 0.717) is 16.4 Å². The number of phenolic OH excluding ortho intramolecular Hbond substituents is 1. The number of aryl methyl sites for hydroxylation is 1. The maximum atomic E-state index is 12.5. The van der Waals surface area contributed by atoms with E-state index in [4.69, 9.17) is 4.74 Å². The van der Waals surface area contributed by atoms with E-state index in [1.165, 1.54) is 11.3 Å². The van der Waals surface area contributed by atoms with Gasteiger partial charge in [-0.15, -0.1) is 0 Å². The molecule has 0 fully saturated rings. The number of amides is 1. The monoisotopic (exact) mass is 380 g/mol. The van der Waals surface area contributed by atoms with Gasteiger partial charge in [0.2, 0.25) is 0 Å². The molecular weight excluding hydrogens is 364 g/mol. The number of hydrogen-bond acceptors (Lipinski definition) is 6. The third-order valence-electron chi connectivity index (χ3n) is 4.15. The Morgan fingerprint density at radius 2 is 2.11 bits per heavy atom. The lowest BCUT2D eigenvalue weighted by molar-refractivity contribution is 0.102. The number of fused-ring (bicyclic) bond motifs is 1. The Morgan fingerprint density at radius 1 is 1.26 bits per heavy atom. The summed E-state index contributed by atoms with van der Waals surface area (Å²) in [6.07, 6.45) is 0. The maximum absolute atomic E-state index is 12.5. The first-order valence-corrected chi connectivity index (χ1v) is 8.97. The van der Waals surface area contributed by atoms with Crippen LogP contribution in [0, 0.1) is 6.92 Å². The number of rotatable bonds is 4. The number of benzene rings is 2. The van der Waals surface area contributed by atoms with Crippen molar-refractivity contribution in [3.8, 4) is 22.8 Å². The maximum Gasteiger partial charge on any atom is 0.275 e. The molecule has 0 saturated carbocycles. The smallest absolute Gasteiger partial charge is 0.275 e. The van der Waals surface area contributed by atoms with Crippen molar-refractivity contribution >= 4 is 32.6 Å². The molecule has 0 spiro atoms. The molecule has 2 heterocycles. The van der Waals surface area contributed by atoms with Crippen molar-refractivity contribution in [1.82, 2.24) is 15.2 Å². The number of thiazole rings is 1. The van der Waals surface area contributed by atoms with Crippen LogP contribution in [0.2, 0.25) is 0 Å². The van der Waals surface area contributed by atoms with Crippen LogP contribution < -0.4 is 10.1 Å². The fraction of sp³-hybridized carbons (Fsp3) is 0.105. The first-order chi connectivity index (χ1) is 13.0. The normalized spacial score (nSPS) is 10.9. The number of aromatic hydroxyl groups is 1. The SMILES string of the molecule is COc1ccc2nc(NC(=O)c3cc(-c4cccc(C)c4O)n[nH]3)sc2c1. The molecule has 4 aromatic rings. The zero-order chi connectivity index (χ0) is 19.0. The Kier molecular flexibility index (Phi) is 4.25. The first kappa shape index (κ1) is 17.0. The van der Waals surface area contributed by atoms with E-state index in [0.717, 1.165) is 21.5 Å². The molecule has 0 aliphatic heterocycles. The van der Waals surface area contributed by atoms with Crippen molar-refractivity contribution in [2.24, 2.45) is 0 Å². The lowest BCUT2D eigenvalue weighted by Gasteiger charge is -2.03. The summed E-state index contributed by atoms with van der Waals surface area (Å²) in [6.45, 7) is 1.81. The highest BCUT2D eigenvalue weighted by atomic mass is 32.1. The van der Waals surface area contributed by atoms with Gasteiger partial charge in [0, 0.05) is 5.56 Å². The molecule has 27 heavy (non-hydrogen) atoms. The first-order valence-electron chi connectivity index (χ1n) is 8.15. The van der Waals surface area contributed by atoms with Crippen molar-refractivity contribution in [2.45, 2.75) is 6.92 Å². The molecule has 7 nitrogen and oxygen atoms in total.